The summed E-state index contributed by atoms with van der Waals surface area (Å²) in [6.07, 6.45) is 5.54. The molecule has 0 radical (unpaired) electrons. The van der Waals surface area contributed by atoms with Crippen LogP contribution in [0.1, 0.15) is 24.3 Å². The topological polar surface area (TPSA) is 97.4 Å². The molecule has 2 aliphatic rings. The molecule has 0 amide bonds. The van der Waals surface area contributed by atoms with Gasteiger partial charge in [0.25, 0.3) is 0 Å². The summed E-state index contributed by atoms with van der Waals surface area (Å²) < 4.78 is 0. The number of halogens is 1. The minimum atomic E-state index is -1.49. The Bertz CT molecular complexity index is 849. The standard InChI is InChI=1S/C19H15ClN4/c20-13-5-3-4-12(8-13)17-15-7-2-1-6-14(15)16(9-21)18(24)19(17,10-22)11-23/h1,3-6,8,15,17-18H,2,7,24H2/t15-,17+,18+/m0/s1. The molecule has 2 aliphatic carbocycles. The van der Waals surface area contributed by atoms with Crippen molar-refractivity contribution in [3.05, 3.63) is 58.1 Å². The zero-order chi connectivity index (χ0) is 17.3. The van der Waals surface area contributed by atoms with Gasteiger partial charge in [-0.25, -0.2) is 0 Å². The van der Waals surface area contributed by atoms with Crippen molar-refractivity contribution < 1.29 is 0 Å². The third kappa shape index (κ3) is 2.22. The van der Waals surface area contributed by atoms with Gasteiger partial charge in [0.1, 0.15) is 0 Å². The van der Waals surface area contributed by atoms with Gasteiger partial charge in [0.15, 0.2) is 5.41 Å². The van der Waals surface area contributed by atoms with Crippen molar-refractivity contribution >= 4 is 11.6 Å². The Morgan fingerprint density at radius 2 is 1.96 bits per heavy atom. The Morgan fingerprint density at radius 1 is 1.21 bits per heavy atom. The first kappa shape index (κ1) is 16.3. The summed E-state index contributed by atoms with van der Waals surface area (Å²) >= 11 is 6.14. The van der Waals surface area contributed by atoms with Crippen molar-refractivity contribution in [2.24, 2.45) is 17.1 Å². The Balaban J connectivity index is 2.31. The quantitative estimate of drug-likeness (QED) is 0.848. The highest BCUT2D eigenvalue weighted by Crippen LogP contribution is 2.54. The third-order valence-electron chi connectivity index (χ3n) is 5.04. The Kier molecular flexibility index (Phi) is 4.16. The zero-order valence-corrected chi connectivity index (χ0v) is 13.7. The molecule has 24 heavy (non-hydrogen) atoms. The number of rotatable bonds is 1. The van der Waals surface area contributed by atoms with Crippen molar-refractivity contribution in [2.75, 3.05) is 0 Å². The van der Waals surface area contributed by atoms with Gasteiger partial charge in [-0.2, -0.15) is 15.8 Å². The van der Waals surface area contributed by atoms with Crippen molar-refractivity contribution in [2.45, 2.75) is 24.8 Å². The lowest BCUT2D eigenvalue weighted by atomic mass is 9.55. The molecule has 1 aromatic rings. The molecule has 0 spiro atoms. The molecule has 118 valence electrons. The van der Waals surface area contributed by atoms with Gasteiger partial charge < -0.3 is 5.73 Å². The van der Waals surface area contributed by atoms with Crippen molar-refractivity contribution in [3.8, 4) is 18.2 Å². The van der Waals surface area contributed by atoms with Crippen LogP contribution in [0.4, 0.5) is 0 Å². The molecule has 0 saturated carbocycles. The molecule has 3 atom stereocenters. The number of nitrogens with zero attached hydrogens (tertiary/aromatic N) is 3. The van der Waals surface area contributed by atoms with E-state index in [1.165, 1.54) is 0 Å². The molecule has 0 heterocycles. The molecule has 2 N–H and O–H groups in total. The van der Waals surface area contributed by atoms with Gasteiger partial charge in [0, 0.05) is 10.9 Å². The maximum atomic E-state index is 9.88. The molecule has 1 aromatic carbocycles. The summed E-state index contributed by atoms with van der Waals surface area (Å²) in [5.41, 5.74) is 6.79. The molecular weight excluding hydrogens is 320 g/mol. The average Bonchev–Trinajstić information content (AvgIpc) is 2.61. The number of hydrogen-bond donors (Lipinski definition) is 1. The van der Waals surface area contributed by atoms with Crippen LogP contribution in [-0.2, 0) is 0 Å². The molecule has 5 heteroatoms. The minimum Gasteiger partial charge on any atom is -0.321 e. The van der Waals surface area contributed by atoms with Crippen LogP contribution >= 0.6 is 11.6 Å². The van der Waals surface area contributed by atoms with Gasteiger partial charge in [0.05, 0.1) is 29.8 Å². The van der Waals surface area contributed by atoms with E-state index < -0.39 is 17.4 Å². The van der Waals surface area contributed by atoms with Crippen molar-refractivity contribution in [3.63, 3.8) is 0 Å². The van der Waals surface area contributed by atoms with Gasteiger partial charge in [0.2, 0.25) is 0 Å². The highest BCUT2D eigenvalue weighted by molar-refractivity contribution is 6.30. The fraction of sp³-hybridized carbons (Fsp3) is 0.316. The lowest BCUT2D eigenvalue weighted by molar-refractivity contribution is 0.261. The highest BCUT2D eigenvalue weighted by atomic mass is 35.5. The van der Waals surface area contributed by atoms with Crippen LogP contribution in [0, 0.1) is 45.3 Å². The Morgan fingerprint density at radius 3 is 2.58 bits per heavy atom. The summed E-state index contributed by atoms with van der Waals surface area (Å²) in [5.74, 6) is -0.513. The van der Waals surface area contributed by atoms with Crippen LogP contribution in [0.3, 0.4) is 0 Å². The number of allylic oxidation sites excluding steroid dienone is 3. The van der Waals surface area contributed by atoms with E-state index in [-0.39, 0.29) is 5.92 Å². The molecule has 0 unspecified atom stereocenters. The summed E-state index contributed by atoms with van der Waals surface area (Å²) in [6, 6.07) is 12.7. The van der Waals surface area contributed by atoms with E-state index in [1.807, 2.05) is 24.3 Å². The normalized spacial score (nSPS) is 27.5. The van der Waals surface area contributed by atoms with Gasteiger partial charge in [-0.15, -0.1) is 0 Å². The largest absolute Gasteiger partial charge is 0.321 e. The maximum Gasteiger partial charge on any atom is 0.170 e. The van der Waals surface area contributed by atoms with Crippen LogP contribution in [0.5, 0.6) is 0 Å². The molecule has 4 nitrogen and oxygen atoms in total. The van der Waals surface area contributed by atoms with E-state index in [1.54, 1.807) is 12.1 Å². The minimum absolute atomic E-state index is 0.0952. The first-order valence-corrected chi connectivity index (χ1v) is 8.11. The first-order chi connectivity index (χ1) is 11.6. The molecule has 0 aliphatic heterocycles. The molecule has 0 bridgehead atoms. The number of nitriles is 3. The second-order valence-electron chi connectivity index (χ2n) is 6.17. The van der Waals surface area contributed by atoms with Crippen LogP contribution in [0.25, 0.3) is 0 Å². The van der Waals surface area contributed by atoms with E-state index in [9.17, 15) is 15.8 Å². The smallest absolute Gasteiger partial charge is 0.170 e. The summed E-state index contributed by atoms with van der Waals surface area (Å²) in [5, 5.41) is 29.9. The lowest BCUT2D eigenvalue weighted by Gasteiger charge is -2.45. The predicted molar refractivity (Wildman–Crippen MR) is 90.3 cm³/mol. The summed E-state index contributed by atoms with van der Waals surface area (Å²) in [4.78, 5) is 0. The molecule has 0 fully saturated rings. The molecule has 3 rings (SSSR count). The van der Waals surface area contributed by atoms with E-state index in [4.69, 9.17) is 17.3 Å². The van der Waals surface area contributed by atoms with Crippen LogP contribution < -0.4 is 5.73 Å². The van der Waals surface area contributed by atoms with Crippen LogP contribution in [0.2, 0.25) is 5.02 Å². The van der Waals surface area contributed by atoms with Crippen LogP contribution in [-0.4, -0.2) is 6.04 Å². The molecule has 0 saturated heterocycles. The number of nitrogens with two attached hydrogens (primary N) is 1. The second-order valence-corrected chi connectivity index (χ2v) is 6.61. The van der Waals surface area contributed by atoms with Gasteiger partial charge >= 0.3 is 0 Å². The predicted octanol–water partition coefficient (Wildman–Crippen LogP) is 3.58. The first-order valence-electron chi connectivity index (χ1n) is 7.73. The van der Waals surface area contributed by atoms with Crippen molar-refractivity contribution in [1.82, 2.24) is 0 Å². The van der Waals surface area contributed by atoms with Gasteiger partial charge in [-0.3, -0.25) is 0 Å². The van der Waals surface area contributed by atoms with Gasteiger partial charge in [-0.05, 0) is 42.0 Å². The molecular formula is C19H15ClN4. The maximum absolute atomic E-state index is 9.88. The monoisotopic (exact) mass is 334 g/mol. The number of hydrogen-bond acceptors (Lipinski definition) is 4. The van der Waals surface area contributed by atoms with Crippen LogP contribution in [0.15, 0.2) is 47.6 Å². The van der Waals surface area contributed by atoms with E-state index in [0.717, 1.165) is 24.0 Å². The van der Waals surface area contributed by atoms with E-state index in [2.05, 4.69) is 18.2 Å². The SMILES string of the molecule is N#CC1=C2C=CCC[C@@H]2[C@@H](c2cccc(Cl)c2)C(C#N)(C#N)[C@@H]1N. The summed E-state index contributed by atoms with van der Waals surface area (Å²) in [6.45, 7) is 0. The number of fused-ring (bicyclic) bond motifs is 1. The average molecular weight is 335 g/mol. The molecule has 0 aromatic heterocycles. The Hall–Kier alpha value is -2.58. The fourth-order valence-electron chi connectivity index (χ4n) is 3.95. The lowest BCUT2D eigenvalue weighted by Crippen LogP contribution is -2.51. The Labute approximate surface area is 146 Å². The van der Waals surface area contributed by atoms with Gasteiger partial charge in [-0.1, -0.05) is 35.9 Å². The summed E-state index contributed by atoms with van der Waals surface area (Å²) in [7, 11) is 0. The van der Waals surface area contributed by atoms with E-state index >= 15 is 0 Å². The van der Waals surface area contributed by atoms with Crippen molar-refractivity contribution in [1.29, 1.82) is 15.8 Å². The number of benzene rings is 1. The fourth-order valence-corrected chi connectivity index (χ4v) is 4.15. The third-order valence-corrected chi connectivity index (χ3v) is 5.28. The van der Waals surface area contributed by atoms with E-state index in [0.29, 0.717) is 10.6 Å². The highest BCUT2D eigenvalue weighted by Gasteiger charge is 2.55. The second kappa shape index (κ2) is 6.14. The zero-order valence-electron chi connectivity index (χ0n) is 12.9.